The van der Waals surface area contributed by atoms with Crippen LogP contribution in [-0.2, 0) is 22.6 Å². The van der Waals surface area contributed by atoms with Crippen molar-refractivity contribution in [3.05, 3.63) is 70.2 Å². The molecule has 30 heavy (non-hydrogen) atoms. The van der Waals surface area contributed by atoms with E-state index in [1.165, 1.54) is 5.56 Å². The van der Waals surface area contributed by atoms with Gasteiger partial charge in [0.2, 0.25) is 11.8 Å². The van der Waals surface area contributed by atoms with E-state index in [1.54, 1.807) is 4.90 Å². The summed E-state index contributed by atoms with van der Waals surface area (Å²) in [6, 6.07) is 15.2. The van der Waals surface area contributed by atoms with Gasteiger partial charge in [0.05, 0.1) is 0 Å². The van der Waals surface area contributed by atoms with Crippen LogP contribution >= 0.6 is 11.6 Å². The van der Waals surface area contributed by atoms with Gasteiger partial charge < -0.3 is 10.2 Å². The third-order valence-corrected chi connectivity index (χ3v) is 5.49. The van der Waals surface area contributed by atoms with Crippen LogP contribution in [0.5, 0.6) is 0 Å². The minimum atomic E-state index is -0.523. The van der Waals surface area contributed by atoms with E-state index in [0.717, 1.165) is 11.1 Å². The number of halogens is 1. The van der Waals surface area contributed by atoms with Gasteiger partial charge in [-0.1, -0.05) is 80.4 Å². The van der Waals surface area contributed by atoms with E-state index < -0.39 is 6.04 Å². The Morgan fingerprint density at radius 1 is 1.07 bits per heavy atom. The van der Waals surface area contributed by atoms with Crippen LogP contribution in [0.4, 0.5) is 0 Å². The van der Waals surface area contributed by atoms with Crippen molar-refractivity contribution in [2.75, 3.05) is 6.54 Å². The van der Waals surface area contributed by atoms with Gasteiger partial charge in [-0.15, -0.1) is 0 Å². The second-order valence-electron chi connectivity index (χ2n) is 8.16. The molecule has 0 fully saturated rings. The molecule has 0 aliphatic carbocycles. The lowest BCUT2D eigenvalue weighted by Crippen LogP contribution is -2.49. The fraction of sp³-hybridized carbons (Fsp3) is 0.440. The zero-order chi connectivity index (χ0) is 22.1. The molecular weight excluding hydrogens is 396 g/mol. The van der Waals surface area contributed by atoms with Crippen LogP contribution in [0.25, 0.3) is 0 Å². The van der Waals surface area contributed by atoms with E-state index in [0.29, 0.717) is 43.3 Å². The Morgan fingerprint density at radius 2 is 1.73 bits per heavy atom. The highest BCUT2D eigenvalue weighted by atomic mass is 35.5. The van der Waals surface area contributed by atoms with Gasteiger partial charge in [0, 0.05) is 24.5 Å². The third kappa shape index (κ3) is 7.17. The van der Waals surface area contributed by atoms with E-state index in [-0.39, 0.29) is 11.8 Å². The average Bonchev–Trinajstić information content (AvgIpc) is 2.72. The van der Waals surface area contributed by atoms with Gasteiger partial charge in [-0.05, 0) is 42.9 Å². The third-order valence-electron chi connectivity index (χ3n) is 5.12. The van der Waals surface area contributed by atoms with Crippen molar-refractivity contribution in [1.82, 2.24) is 10.2 Å². The SMILES string of the molecule is CCC(C(=O)NCC(C)C)N(Cc1ccccc1Cl)C(=O)CCc1ccc(C)cc1. The summed E-state index contributed by atoms with van der Waals surface area (Å²) in [5.74, 6) is 0.199. The fourth-order valence-electron chi connectivity index (χ4n) is 3.30. The molecule has 2 amide bonds. The Hall–Kier alpha value is -2.33. The van der Waals surface area contributed by atoms with Crippen LogP contribution in [0.15, 0.2) is 48.5 Å². The number of carbonyl (C=O) groups excluding carboxylic acids is 2. The normalized spacial score (nSPS) is 11.9. The van der Waals surface area contributed by atoms with Gasteiger partial charge in [0.15, 0.2) is 0 Å². The van der Waals surface area contributed by atoms with Crippen molar-refractivity contribution in [2.24, 2.45) is 5.92 Å². The number of hydrogen-bond acceptors (Lipinski definition) is 2. The summed E-state index contributed by atoms with van der Waals surface area (Å²) < 4.78 is 0. The topological polar surface area (TPSA) is 49.4 Å². The summed E-state index contributed by atoms with van der Waals surface area (Å²) in [7, 11) is 0. The highest BCUT2D eigenvalue weighted by Gasteiger charge is 2.28. The van der Waals surface area contributed by atoms with Crippen LogP contribution < -0.4 is 5.32 Å². The van der Waals surface area contributed by atoms with Gasteiger partial charge in [0.1, 0.15) is 6.04 Å². The summed E-state index contributed by atoms with van der Waals surface area (Å²) in [4.78, 5) is 27.8. The van der Waals surface area contributed by atoms with Crippen LogP contribution in [-0.4, -0.2) is 29.3 Å². The molecule has 0 heterocycles. The van der Waals surface area contributed by atoms with Crippen molar-refractivity contribution < 1.29 is 9.59 Å². The van der Waals surface area contributed by atoms with Crippen LogP contribution in [0.2, 0.25) is 5.02 Å². The minimum Gasteiger partial charge on any atom is -0.354 e. The summed E-state index contributed by atoms with van der Waals surface area (Å²) in [5, 5.41) is 3.59. The average molecular weight is 429 g/mol. The molecule has 0 saturated heterocycles. The van der Waals surface area contributed by atoms with Gasteiger partial charge in [0.25, 0.3) is 0 Å². The lowest BCUT2D eigenvalue weighted by molar-refractivity contribution is -0.141. The van der Waals surface area contributed by atoms with Crippen LogP contribution in [0.3, 0.4) is 0 Å². The molecule has 2 rings (SSSR count). The molecule has 0 saturated carbocycles. The predicted molar refractivity (Wildman–Crippen MR) is 123 cm³/mol. The molecule has 0 aliphatic rings. The number of hydrogen-bond donors (Lipinski definition) is 1. The van der Waals surface area contributed by atoms with Crippen molar-refractivity contribution in [2.45, 2.75) is 59.5 Å². The van der Waals surface area contributed by atoms with E-state index in [9.17, 15) is 9.59 Å². The molecule has 5 heteroatoms. The Morgan fingerprint density at radius 3 is 2.33 bits per heavy atom. The van der Waals surface area contributed by atoms with Crippen molar-refractivity contribution >= 4 is 23.4 Å². The standard InChI is InChI=1S/C25H33ClN2O2/c1-5-23(25(30)27-16-18(2)3)28(17-21-8-6-7-9-22(21)26)24(29)15-14-20-12-10-19(4)11-13-20/h6-13,18,23H,5,14-17H2,1-4H3,(H,27,30). The zero-order valence-electron chi connectivity index (χ0n) is 18.5. The number of benzene rings is 2. The maximum atomic E-state index is 13.2. The quantitative estimate of drug-likeness (QED) is 0.568. The number of rotatable bonds is 10. The monoisotopic (exact) mass is 428 g/mol. The maximum Gasteiger partial charge on any atom is 0.242 e. The highest BCUT2D eigenvalue weighted by Crippen LogP contribution is 2.21. The van der Waals surface area contributed by atoms with Crippen LogP contribution in [0.1, 0.15) is 50.3 Å². The van der Waals surface area contributed by atoms with Crippen LogP contribution in [0, 0.1) is 12.8 Å². The first-order valence-electron chi connectivity index (χ1n) is 10.7. The van der Waals surface area contributed by atoms with E-state index in [1.807, 2.05) is 50.2 Å². The Bertz CT molecular complexity index is 833. The molecule has 0 aromatic heterocycles. The molecule has 1 atom stereocenters. The number of nitrogens with zero attached hydrogens (tertiary/aromatic N) is 1. The molecule has 162 valence electrons. The fourth-order valence-corrected chi connectivity index (χ4v) is 3.50. The second kappa shape index (κ2) is 11.8. The summed E-state index contributed by atoms with van der Waals surface area (Å²) >= 11 is 6.35. The Kier molecular flexibility index (Phi) is 9.38. The first-order valence-corrected chi connectivity index (χ1v) is 11.1. The van der Waals surface area contributed by atoms with Gasteiger partial charge in [-0.2, -0.15) is 0 Å². The molecule has 0 bridgehead atoms. The van der Waals surface area contributed by atoms with Gasteiger partial charge in [-0.3, -0.25) is 9.59 Å². The van der Waals surface area contributed by atoms with E-state index in [4.69, 9.17) is 11.6 Å². The molecule has 2 aromatic rings. The lowest BCUT2D eigenvalue weighted by Gasteiger charge is -2.31. The number of aryl methyl sites for hydroxylation is 2. The molecular formula is C25H33ClN2O2. The summed E-state index contributed by atoms with van der Waals surface area (Å²) in [6.45, 7) is 8.99. The molecule has 2 aromatic carbocycles. The number of nitrogens with one attached hydrogen (secondary N) is 1. The van der Waals surface area contributed by atoms with Crippen molar-refractivity contribution in [1.29, 1.82) is 0 Å². The van der Waals surface area contributed by atoms with Gasteiger partial charge >= 0.3 is 0 Å². The molecule has 0 spiro atoms. The van der Waals surface area contributed by atoms with Crippen molar-refractivity contribution in [3.8, 4) is 0 Å². The van der Waals surface area contributed by atoms with E-state index >= 15 is 0 Å². The first-order chi connectivity index (χ1) is 14.3. The Labute approximate surface area is 185 Å². The molecule has 1 unspecified atom stereocenters. The first kappa shape index (κ1) is 23.9. The van der Waals surface area contributed by atoms with E-state index in [2.05, 4.69) is 31.3 Å². The number of amides is 2. The zero-order valence-corrected chi connectivity index (χ0v) is 19.2. The second-order valence-corrected chi connectivity index (χ2v) is 8.57. The minimum absolute atomic E-state index is 0.0398. The smallest absolute Gasteiger partial charge is 0.242 e. The molecule has 0 radical (unpaired) electrons. The molecule has 4 nitrogen and oxygen atoms in total. The van der Waals surface area contributed by atoms with Crippen molar-refractivity contribution in [3.63, 3.8) is 0 Å². The van der Waals surface area contributed by atoms with Gasteiger partial charge in [-0.25, -0.2) is 0 Å². The molecule has 0 aliphatic heterocycles. The molecule has 1 N–H and O–H groups in total. The largest absolute Gasteiger partial charge is 0.354 e. The number of carbonyl (C=O) groups is 2. The summed E-state index contributed by atoms with van der Waals surface area (Å²) in [6.07, 6.45) is 1.54. The maximum absolute atomic E-state index is 13.2. The highest BCUT2D eigenvalue weighted by molar-refractivity contribution is 6.31. The lowest BCUT2D eigenvalue weighted by atomic mass is 10.0. The summed E-state index contributed by atoms with van der Waals surface area (Å²) in [5.41, 5.74) is 3.15. The predicted octanol–water partition coefficient (Wildman–Crippen LogP) is 5.16. The Balaban J connectivity index is 2.19.